The number of hydrogen-bond acceptors (Lipinski definition) is 2. The molecule has 0 aromatic carbocycles. The molecule has 0 saturated carbocycles. The topological polar surface area (TPSA) is 26.3 Å². The van der Waals surface area contributed by atoms with Gasteiger partial charge in [-0.05, 0) is 13.3 Å². The van der Waals surface area contributed by atoms with E-state index in [-0.39, 0.29) is 6.92 Å². The molecule has 1 atom stereocenters. The van der Waals surface area contributed by atoms with Gasteiger partial charge in [0, 0.05) is 0 Å². The van der Waals surface area contributed by atoms with Crippen LogP contribution in [0.3, 0.4) is 0 Å². The predicted octanol–water partition coefficient (Wildman–Crippen LogP) is 6.25. The Bertz CT molecular complexity index is 661. The molecule has 0 heterocycles. The third kappa shape index (κ3) is 4.34. The fraction of sp³-hybridized carbons (Fsp3) is 0.923. The van der Waals surface area contributed by atoms with E-state index in [1.54, 1.807) is 0 Å². The van der Waals surface area contributed by atoms with Crippen molar-refractivity contribution < 1.29 is 79.8 Å². The molecule has 1 unspecified atom stereocenters. The summed E-state index contributed by atoms with van der Waals surface area (Å²) < 4.78 is 208. The van der Waals surface area contributed by atoms with Gasteiger partial charge in [-0.15, -0.1) is 0 Å². The van der Waals surface area contributed by atoms with Gasteiger partial charge in [0.2, 0.25) is 0 Å². The predicted molar refractivity (Wildman–Crippen MR) is 66.2 cm³/mol. The first-order valence-electron chi connectivity index (χ1n) is 7.38. The Labute approximate surface area is 161 Å². The van der Waals surface area contributed by atoms with Crippen LogP contribution < -0.4 is 0 Å². The standard InChI is InChI=1S/C13H10F16O2/c1-3-6(2,12(24,25)26)5(30)31-4-7(14,15)8(16,17)9(18,19)10(20,21)11(22,23)13(27,28)29/h3-4H2,1-2H3. The lowest BCUT2D eigenvalue weighted by Crippen LogP contribution is -2.70. The van der Waals surface area contributed by atoms with Crippen molar-refractivity contribution in [3.8, 4) is 0 Å². The average molecular weight is 502 g/mol. The number of alkyl halides is 16. The van der Waals surface area contributed by atoms with Crippen LogP contribution in [0, 0.1) is 5.41 Å². The van der Waals surface area contributed by atoms with Crippen LogP contribution in [0.2, 0.25) is 0 Å². The van der Waals surface area contributed by atoms with Crippen molar-refractivity contribution in [1.82, 2.24) is 0 Å². The molecule has 0 amide bonds. The molecule has 2 nitrogen and oxygen atoms in total. The zero-order chi connectivity index (χ0) is 25.7. The van der Waals surface area contributed by atoms with Crippen LogP contribution in [0.1, 0.15) is 20.3 Å². The molecule has 0 radical (unpaired) electrons. The van der Waals surface area contributed by atoms with E-state index in [4.69, 9.17) is 0 Å². The van der Waals surface area contributed by atoms with Gasteiger partial charge in [-0.3, -0.25) is 4.79 Å². The minimum Gasteiger partial charge on any atom is -0.458 e. The summed E-state index contributed by atoms with van der Waals surface area (Å²) in [4.78, 5) is 11.3. The number of rotatable bonds is 8. The van der Waals surface area contributed by atoms with Crippen LogP contribution >= 0.6 is 0 Å². The first kappa shape index (κ1) is 29.3. The van der Waals surface area contributed by atoms with Crippen molar-refractivity contribution in [1.29, 1.82) is 0 Å². The van der Waals surface area contributed by atoms with Gasteiger partial charge in [0.25, 0.3) is 0 Å². The van der Waals surface area contributed by atoms with Crippen LogP contribution in [0.25, 0.3) is 0 Å². The Morgan fingerprint density at radius 1 is 0.613 bits per heavy atom. The highest BCUT2D eigenvalue weighted by Gasteiger charge is 2.90. The molecular formula is C13H10F16O2. The summed E-state index contributed by atoms with van der Waals surface area (Å²) in [6.45, 7) is -2.87. The lowest BCUT2D eigenvalue weighted by molar-refractivity contribution is -0.441. The highest BCUT2D eigenvalue weighted by atomic mass is 19.4. The van der Waals surface area contributed by atoms with Crippen molar-refractivity contribution in [2.75, 3.05) is 6.61 Å². The second-order valence-electron chi connectivity index (χ2n) is 6.26. The molecule has 186 valence electrons. The summed E-state index contributed by atoms with van der Waals surface area (Å²) in [5, 5.41) is 0. The van der Waals surface area contributed by atoms with Crippen molar-refractivity contribution in [3.63, 3.8) is 0 Å². The first-order valence-corrected chi connectivity index (χ1v) is 7.38. The van der Waals surface area contributed by atoms with E-state index in [0.717, 1.165) is 0 Å². The number of ether oxygens (including phenoxy) is 1. The number of halogens is 16. The van der Waals surface area contributed by atoms with Gasteiger partial charge in [-0.25, -0.2) is 0 Å². The van der Waals surface area contributed by atoms with Gasteiger partial charge >= 0.3 is 47.9 Å². The second kappa shape index (κ2) is 7.74. The summed E-state index contributed by atoms with van der Waals surface area (Å²) in [6, 6.07) is 0. The summed E-state index contributed by atoms with van der Waals surface area (Å²) >= 11 is 0. The van der Waals surface area contributed by atoms with Gasteiger partial charge in [-0.2, -0.15) is 70.2 Å². The molecule has 0 aliphatic carbocycles. The summed E-state index contributed by atoms with van der Waals surface area (Å²) in [5.74, 6) is -41.6. The lowest BCUT2D eigenvalue weighted by Gasteiger charge is -2.39. The highest BCUT2D eigenvalue weighted by molar-refractivity contribution is 5.77. The van der Waals surface area contributed by atoms with Gasteiger partial charge in [-0.1, -0.05) is 6.92 Å². The molecule has 0 rings (SSSR count). The van der Waals surface area contributed by atoms with E-state index < -0.39 is 66.4 Å². The first-order chi connectivity index (χ1) is 13.2. The normalized spacial score (nSPS) is 17.4. The molecule has 31 heavy (non-hydrogen) atoms. The Kier molecular flexibility index (Phi) is 7.33. The zero-order valence-corrected chi connectivity index (χ0v) is 14.8. The summed E-state index contributed by atoms with van der Waals surface area (Å²) in [5.41, 5.74) is -3.67. The number of esters is 1. The smallest absolute Gasteiger partial charge is 0.458 e. The van der Waals surface area contributed by atoms with Crippen LogP contribution in [-0.4, -0.2) is 54.5 Å². The van der Waals surface area contributed by atoms with E-state index >= 15 is 0 Å². The van der Waals surface area contributed by atoms with E-state index in [9.17, 15) is 75.0 Å². The number of carbonyl (C=O) groups is 1. The number of carbonyl (C=O) groups excluding carboxylic acids is 1. The van der Waals surface area contributed by atoms with Crippen LogP contribution in [0.15, 0.2) is 0 Å². The molecule has 0 aromatic heterocycles. The van der Waals surface area contributed by atoms with E-state index in [0.29, 0.717) is 6.92 Å². The largest absolute Gasteiger partial charge is 0.460 e. The van der Waals surface area contributed by atoms with E-state index in [1.807, 2.05) is 0 Å². The fourth-order valence-electron chi connectivity index (χ4n) is 1.67. The maximum absolute atomic E-state index is 13.4. The van der Waals surface area contributed by atoms with Crippen molar-refractivity contribution >= 4 is 5.97 Å². The molecule has 18 heteroatoms. The average Bonchev–Trinajstić information content (AvgIpc) is 2.55. The molecule has 0 aliphatic rings. The lowest BCUT2D eigenvalue weighted by atomic mass is 9.87. The molecule has 0 saturated heterocycles. The molecule has 0 aliphatic heterocycles. The molecule has 0 bridgehead atoms. The highest BCUT2D eigenvalue weighted by Crippen LogP contribution is 2.60. The Morgan fingerprint density at radius 2 is 0.968 bits per heavy atom. The third-order valence-electron chi connectivity index (χ3n) is 4.17. The minimum absolute atomic E-state index is 0.00173. The molecular weight excluding hydrogens is 492 g/mol. The van der Waals surface area contributed by atoms with Crippen molar-refractivity contribution in [3.05, 3.63) is 0 Å². The van der Waals surface area contributed by atoms with Crippen molar-refractivity contribution in [2.45, 2.75) is 62.2 Å². The molecule has 0 spiro atoms. The quantitative estimate of drug-likeness (QED) is 0.290. The SMILES string of the molecule is CCC(C)(C(=O)OCC(F)(F)C(F)(F)C(F)(F)C(F)(F)C(F)(F)C(F)(F)F)C(F)(F)F. The Morgan fingerprint density at radius 3 is 1.26 bits per heavy atom. The van der Waals surface area contributed by atoms with Gasteiger partial charge in [0.15, 0.2) is 12.0 Å². The zero-order valence-electron chi connectivity index (χ0n) is 14.8. The Hall–Kier alpha value is -1.65. The Balaban J connectivity index is 6.07. The fourth-order valence-corrected chi connectivity index (χ4v) is 1.67. The monoisotopic (exact) mass is 502 g/mol. The maximum atomic E-state index is 13.4. The van der Waals surface area contributed by atoms with E-state index in [2.05, 4.69) is 4.74 Å². The molecule has 0 N–H and O–H groups in total. The summed E-state index contributed by atoms with van der Waals surface area (Å²) in [6.07, 6.45) is -14.4. The van der Waals surface area contributed by atoms with Crippen LogP contribution in [-0.2, 0) is 9.53 Å². The minimum atomic E-state index is -8.17. The van der Waals surface area contributed by atoms with Gasteiger partial charge < -0.3 is 4.74 Å². The maximum Gasteiger partial charge on any atom is 0.460 e. The summed E-state index contributed by atoms with van der Waals surface area (Å²) in [7, 11) is 0. The van der Waals surface area contributed by atoms with Crippen molar-refractivity contribution in [2.24, 2.45) is 5.41 Å². The second-order valence-corrected chi connectivity index (χ2v) is 6.26. The van der Waals surface area contributed by atoms with Gasteiger partial charge in [0.1, 0.15) is 0 Å². The number of hydrogen-bond donors (Lipinski definition) is 0. The third-order valence-corrected chi connectivity index (χ3v) is 4.17. The van der Waals surface area contributed by atoms with Crippen LogP contribution in [0.4, 0.5) is 70.2 Å². The van der Waals surface area contributed by atoms with E-state index in [1.165, 1.54) is 0 Å². The molecule has 0 fully saturated rings. The van der Waals surface area contributed by atoms with Gasteiger partial charge in [0.05, 0.1) is 0 Å². The molecule has 0 aromatic rings. The van der Waals surface area contributed by atoms with Crippen LogP contribution in [0.5, 0.6) is 0 Å².